The number of pyridine rings is 1. The molecule has 138 valence electrons. The molecule has 2 heterocycles. The van der Waals surface area contributed by atoms with E-state index in [1.807, 2.05) is 36.4 Å². The highest BCUT2D eigenvalue weighted by molar-refractivity contribution is 5.76. The lowest BCUT2D eigenvalue weighted by Gasteiger charge is -2.26. The van der Waals surface area contributed by atoms with Crippen molar-refractivity contribution in [2.24, 2.45) is 0 Å². The van der Waals surface area contributed by atoms with Crippen LogP contribution in [0.25, 0.3) is 11.5 Å². The number of nitrogens with two attached hydrogens (primary N) is 1. The number of benzene rings is 1. The van der Waals surface area contributed by atoms with Crippen molar-refractivity contribution in [1.82, 2.24) is 20.4 Å². The Hall–Kier alpha value is -3.22. The topological polar surface area (TPSA) is 107 Å². The molecule has 1 aliphatic rings. The average molecular weight is 363 g/mol. The second-order valence-corrected chi connectivity index (χ2v) is 6.70. The van der Waals surface area contributed by atoms with Gasteiger partial charge in [0.25, 0.3) is 0 Å². The number of aryl methyl sites for hydroxylation is 2. The minimum atomic E-state index is -0.0257. The van der Waals surface area contributed by atoms with Gasteiger partial charge in [-0.15, -0.1) is 0 Å². The summed E-state index contributed by atoms with van der Waals surface area (Å²) in [7, 11) is 0. The Balaban J connectivity index is 1.35. The molecule has 7 heteroatoms. The van der Waals surface area contributed by atoms with Crippen molar-refractivity contribution < 1.29 is 9.32 Å². The predicted molar refractivity (Wildman–Crippen MR) is 101 cm³/mol. The highest BCUT2D eigenvalue weighted by Gasteiger charge is 2.22. The van der Waals surface area contributed by atoms with Gasteiger partial charge in [0.1, 0.15) is 5.69 Å². The molecular weight excluding hydrogens is 342 g/mol. The molecule has 2 aromatic heterocycles. The van der Waals surface area contributed by atoms with Crippen molar-refractivity contribution in [3.05, 3.63) is 59.6 Å². The molecule has 7 nitrogen and oxygen atoms in total. The van der Waals surface area contributed by atoms with E-state index in [1.54, 1.807) is 6.20 Å². The molecule has 0 fully saturated rings. The van der Waals surface area contributed by atoms with Crippen LogP contribution in [0.15, 0.2) is 47.1 Å². The van der Waals surface area contributed by atoms with Crippen LogP contribution in [0.5, 0.6) is 0 Å². The number of hydrogen-bond acceptors (Lipinski definition) is 6. The summed E-state index contributed by atoms with van der Waals surface area (Å²) in [6.45, 7) is 0. The summed E-state index contributed by atoms with van der Waals surface area (Å²) in [6.07, 6.45) is 5.35. The van der Waals surface area contributed by atoms with Gasteiger partial charge in [-0.1, -0.05) is 17.3 Å². The monoisotopic (exact) mass is 363 g/mol. The fourth-order valence-corrected chi connectivity index (χ4v) is 3.43. The minimum Gasteiger partial charge on any atom is -0.399 e. The molecule has 0 radical (unpaired) electrons. The van der Waals surface area contributed by atoms with Gasteiger partial charge in [0, 0.05) is 24.7 Å². The Kier molecular flexibility index (Phi) is 4.82. The van der Waals surface area contributed by atoms with Gasteiger partial charge in [0.2, 0.25) is 17.6 Å². The van der Waals surface area contributed by atoms with Crippen LogP contribution in [0.1, 0.15) is 42.3 Å². The normalized spacial score (nSPS) is 15.9. The molecular formula is C20H21N5O2. The predicted octanol–water partition coefficient (Wildman–Crippen LogP) is 2.84. The maximum atomic E-state index is 12.4. The first-order valence-electron chi connectivity index (χ1n) is 9.11. The van der Waals surface area contributed by atoms with E-state index >= 15 is 0 Å². The number of nitrogen functional groups attached to an aromatic ring is 1. The van der Waals surface area contributed by atoms with Gasteiger partial charge >= 0.3 is 0 Å². The van der Waals surface area contributed by atoms with Gasteiger partial charge in [-0.3, -0.25) is 9.78 Å². The molecule has 3 aromatic rings. The van der Waals surface area contributed by atoms with Gasteiger partial charge in [-0.2, -0.15) is 4.98 Å². The van der Waals surface area contributed by atoms with Crippen LogP contribution in [-0.2, 0) is 17.6 Å². The van der Waals surface area contributed by atoms with E-state index in [-0.39, 0.29) is 11.9 Å². The Morgan fingerprint density at radius 3 is 3.07 bits per heavy atom. The smallest absolute Gasteiger partial charge is 0.227 e. The molecule has 1 amide bonds. The number of hydrogen-bond donors (Lipinski definition) is 2. The van der Waals surface area contributed by atoms with E-state index in [0.29, 0.717) is 30.3 Å². The fourth-order valence-electron chi connectivity index (χ4n) is 3.43. The SMILES string of the molecule is Nc1ccc2c(c1)CCCC2NC(=O)CCc1nc(-c2ccccn2)no1. The molecule has 3 N–H and O–H groups in total. The number of carbonyl (C=O) groups is 1. The second kappa shape index (κ2) is 7.57. The standard InChI is InChI=1S/C20H21N5O2/c21-14-7-8-15-13(12-14)4-3-6-16(15)23-18(26)9-10-19-24-20(25-27-19)17-5-1-2-11-22-17/h1-2,5,7-8,11-12,16H,3-4,6,9-10,21H2,(H,23,26). The molecule has 27 heavy (non-hydrogen) atoms. The molecule has 0 bridgehead atoms. The van der Waals surface area contributed by atoms with E-state index in [0.717, 1.165) is 24.9 Å². The summed E-state index contributed by atoms with van der Waals surface area (Å²) in [5, 5.41) is 7.05. The van der Waals surface area contributed by atoms with Crippen molar-refractivity contribution in [3.63, 3.8) is 0 Å². The van der Waals surface area contributed by atoms with Crippen LogP contribution >= 0.6 is 0 Å². The first kappa shape index (κ1) is 17.2. The summed E-state index contributed by atoms with van der Waals surface area (Å²) in [6, 6.07) is 11.5. The Morgan fingerprint density at radius 1 is 1.30 bits per heavy atom. The van der Waals surface area contributed by atoms with E-state index < -0.39 is 0 Å². The van der Waals surface area contributed by atoms with Crippen LogP contribution in [0.2, 0.25) is 0 Å². The molecule has 0 aliphatic heterocycles. The fraction of sp³-hybridized carbons (Fsp3) is 0.300. The van der Waals surface area contributed by atoms with Crippen molar-refractivity contribution in [1.29, 1.82) is 0 Å². The lowest BCUT2D eigenvalue weighted by Crippen LogP contribution is -2.31. The molecule has 1 atom stereocenters. The number of aromatic nitrogens is 3. The number of rotatable bonds is 5. The van der Waals surface area contributed by atoms with Gasteiger partial charge < -0.3 is 15.6 Å². The zero-order valence-electron chi connectivity index (χ0n) is 14.9. The number of nitrogens with zero attached hydrogens (tertiary/aromatic N) is 3. The Morgan fingerprint density at radius 2 is 2.22 bits per heavy atom. The lowest BCUT2D eigenvalue weighted by molar-refractivity contribution is -0.122. The van der Waals surface area contributed by atoms with Gasteiger partial charge in [-0.05, 0) is 54.7 Å². The summed E-state index contributed by atoms with van der Waals surface area (Å²) in [5.74, 6) is 0.842. The minimum absolute atomic E-state index is 0.0257. The highest BCUT2D eigenvalue weighted by atomic mass is 16.5. The molecule has 1 unspecified atom stereocenters. The number of amides is 1. The second-order valence-electron chi connectivity index (χ2n) is 6.70. The molecule has 4 rings (SSSR count). The van der Waals surface area contributed by atoms with Crippen LogP contribution in [0.4, 0.5) is 5.69 Å². The van der Waals surface area contributed by atoms with E-state index in [2.05, 4.69) is 20.4 Å². The molecule has 1 aliphatic carbocycles. The van der Waals surface area contributed by atoms with Crippen LogP contribution < -0.4 is 11.1 Å². The summed E-state index contributed by atoms with van der Waals surface area (Å²) in [4.78, 5) is 20.9. The zero-order chi connectivity index (χ0) is 18.6. The quantitative estimate of drug-likeness (QED) is 0.675. The highest BCUT2D eigenvalue weighted by Crippen LogP contribution is 2.31. The maximum Gasteiger partial charge on any atom is 0.227 e. The third-order valence-corrected chi connectivity index (χ3v) is 4.74. The van der Waals surface area contributed by atoms with Crippen molar-refractivity contribution in [2.75, 3.05) is 5.73 Å². The van der Waals surface area contributed by atoms with Crippen molar-refractivity contribution >= 4 is 11.6 Å². The lowest BCUT2D eigenvalue weighted by atomic mass is 9.87. The Bertz CT molecular complexity index is 939. The number of anilines is 1. The molecule has 0 spiro atoms. The zero-order valence-corrected chi connectivity index (χ0v) is 14.9. The van der Waals surface area contributed by atoms with Gasteiger partial charge in [0.15, 0.2) is 0 Å². The molecule has 1 aromatic carbocycles. The number of fused-ring (bicyclic) bond motifs is 1. The van der Waals surface area contributed by atoms with Crippen LogP contribution in [-0.4, -0.2) is 21.0 Å². The first-order valence-corrected chi connectivity index (χ1v) is 9.11. The van der Waals surface area contributed by atoms with Crippen LogP contribution in [0, 0.1) is 0 Å². The maximum absolute atomic E-state index is 12.4. The van der Waals surface area contributed by atoms with Crippen molar-refractivity contribution in [3.8, 4) is 11.5 Å². The number of nitrogens with one attached hydrogen (secondary N) is 1. The first-order chi connectivity index (χ1) is 13.2. The third kappa shape index (κ3) is 3.97. The molecule has 0 saturated heterocycles. The van der Waals surface area contributed by atoms with E-state index in [4.69, 9.17) is 10.3 Å². The van der Waals surface area contributed by atoms with Crippen molar-refractivity contribution in [2.45, 2.75) is 38.1 Å². The Labute approximate surface area is 157 Å². The average Bonchev–Trinajstić information content (AvgIpc) is 3.16. The van der Waals surface area contributed by atoms with Gasteiger partial charge in [-0.25, -0.2) is 0 Å². The van der Waals surface area contributed by atoms with E-state index in [9.17, 15) is 4.79 Å². The summed E-state index contributed by atoms with van der Waals surface area (Å²) < 4.78 is 5.23. The van der Waals surface area contributed by atoms with Crippen LogP contribution in [0.3, 0.4) is 0 Å². The van der Waals surface area contributed by atoms with Gasteiger partial charge in [0.05, 0.1) is 6.04 Å². The largest absolute Gasteiger partial charge is 0.399 e. The number of carbonyl (C=O) groups excluding carboxylic acids is 1. The summed E-state index contributed by atoms with van der Waals surface area (Å²) >= 11 is 0. The summed E-state index contributed by atoms with van der Waals surface area (Å²) in [5.41, 5.74) is 9.67. The molecule has 0 saturated carbocycles. The van der Waals surface area contributed by atoms with E-state index in [1.165, 1.54) is 11.1 Å². The third-order valence-electron chi connectivity index (χ3n) is 4.74.